The molecule has 0 amide bonds. The molecule has 2 nitrogen and oxygen atoms in total. The van der Waals surface area contributed by atoms with Crippen molar-refractivity contribution in [3.63, 3.8) is 0 Å². The highest BCUT2D eigenvalue weighted by atomic mass is 32.1. The van der Waals surface area contributed by atoms with Crippen molar-refractivity contribution in [1.82, 2.24) is 9.80 Å². The molecule has 0 atom stereocenters. The van der Waals surface area contributed by atoms with Gasteiger partial charge in [0.1, 0.15) is 0 Å². The maximum Gasteiger partial charge on any atom is 0.0355 e. The summed E-state index contributed by atoms with van der Waals surface area (Å²) in [5.41, 5.74) is 0. The van der Waals surface area contributed by atoms with Crippen molar-refractivity contribution < 1.29 is 0 Å². The summed E-state index contributed by atoms with van der Waals surface area (Å²) in [6.07, 6.45) is 0. The molecule has 11 heavy (non-hydrogen) atoms. The fourth-order valence-corrected chi connectivity index (χ4v) is 2.20. The van der Waals surface area contributed by atoms with Gasteiger partial charge in [0.2, 0.25) is 0 Å². The first-order chi connectivity index (χ1) is 4.99. The lowest BCUT2D eigenvalue weighted by molar-refractivity contribution is 0.320. The zero-order valence-electron chi connectivity index (χ0n) is 7.67. The van der Waals surface area contributed by atoms with Crippen LogP contribution in [0.25, 0.3) is 0 Å². The van der Waals surface area contributed by atoms with Crippen molar-refractivity contribution in [3.05, 3.63) is 0 Å². The molecule has 3 heteroatoms. The second kappa shape index (κ2) is 3.33. The Balaban J connectivity index is 2.55. The van der Waals surface area contributed by atoms with E-state index in [2.05, 4.69) is 43.4 Å². The summed E-state index contributed by atoms with van der Waals surface area (Å²) in [6, 6.07) is 0. The summed E-state index contributed by atoms with van der Waals surface area (Å²) >= 11 is 4.62. The summed E-state index contributed by atoms with van der Waals surface area (Å²) in [5, 5.41) is 0. The first-order valence-corrected chi connectivity index (χ1v) is 4.54. The highest BCUT2D eigenvalue weighted by Crippen LogP contribution is 2.18. The molecule has 0 bridgehead atoms. The molecule has 0 N–H and O–H groups in total. The third kappa shape index (κ3) is 3.01. The Labute approximate surface area is 75.0 Å². The maximum absolute atomic E-state index is 4.62. The van der Waals surface area contributed by atoms with Crippen molar-refractivity contribution in [2.75, 3.05) is 40.3 Å². The minimum Gasteiger partial charge on any atom is -0.304 e. The highest BCUT2D eigenvalue weighted by molar-refractivity contribution is 7.81. The molecule has 0 saturated carbocycles. The van der Waals surface area contributed by atoms with E-state index >= 15 is 0 Å². The van der Waals surface area contributed by atoms with Crippen LogP contribution in [0.4, 0.5) is 0 Å². The van der Waals surface area contributed by atoms with Crippen molar-refractivity contribution >= 4 is 12.6 Å². The third-order valence-electron chi connectivity index (χ3n) is 2.08. The Bertz CT molecular complexity index is 122. The summed E-state index contributed by atoms with van der Waals surface area (Å²) in [6.45, 7) is 6.69. The summed E-state index contributed by atoms with van der Waals surface area (Å²) in [5.74, 6) is 0. The van der Waals surface area contributed by atoms with E-state index in [0.717, 1.165) is 26.2 Å². The molecule has 0 radical (unpaired) electrons. The van der Waals surface area contributed by atoms with Crippen LogP contribution in [0.15, 0.2) is 0 Å². The van der Waals surface area contributed by atoms with E-state index in [1.807, 2.05) is 0 Å². The van der Waals surface area contributed by atoms with Gasteiger partial charge in [-0.25, -0.2) is 0 Å². The Morgan fingerprint density at radius 2 is 1.45 bits per heavy atom. The molecule has 0 aromatic carbocycles. The smallest absolute Gasteiger partial charge is 0.0355 e. The van der Waals surface area contributed by atoms with Gasteiger partial charge in [-0.15, -0.1) is 0 Å². The number of hydrogen-bond donors (Lipinski definition) is 1. The zero-order valence-corrected chi connectivity index (χ0v) is 8.56. The molecule has 0 spiro atoms. The first kappa shape index (κ1) is 9.36. The van der Waals surface area contributed by atoms with E-state index in [0.29, 0.717) is 0 Å². The fraction of sp³-hybridized carbons (Fsp3) is 1.00. The summed E-state index contributed by atoms with van der Waals surface area (Å²) in [7, 11) is 4.32. The quantitative estimate of drug-likeness (QED) is 0.536. The van der Waals surface area contributed by atoms with Gasteiger partial charge in [0, 0.05) is 30.9 Å². The summed E-state index contributed by atoms with van der Waals surface area (Å²) in [4.78, 5) is 4.69. The van der Waals surface area contributed by atoms with Crippen LogP contribution in [-0.4, -0.2) is 54.8 Å². The van der Waals surface area contributed by atoms with Crippen LogP contribution in [0.3, 0.4) is 0 Å². The topological polar surface area (TPSA) is 6.48 Å². The van der Waals surface area contributed by atoms with Gasteiger partial charge < -0.3 is 9.80 Å². The molecule has 0 unspecified atom stereocenters. The van der Waals surface area contributed by atoms with Crippen LogP contribution in [0.5, 0.6) is 0 Å². The molecule has 1 heterocycles. The van der Waals surface area contributed by atoms with Crippen molar-refractivity contribution in [2.45, 2.75) is 11.7 Å². The van der Waals surface area contributed by atoms with Crippen LogP contribution in [-0.2, 0) is 0 Å². The molecule has 1 saturated heterocycles. The molecule has 1 rings (SSSR count). The molecule has 0 aliphatic carbocycles. The highest BCUT2D eigenvalue weighted by Gasteiger charge is 2.25. The van der Waals surface area contributed by atoms with Crippen LogP contribution in [0.1, 0.15) is 6.92 Å². The van der Waals surface area contributed by atoms with Crippen LogP contribution < -0.4 is 0 Å². The van der Waals surface area contributed by atoms with Crippen molar-refractivity contribution in [1.29, 1.82) is 0 Å². The molecular formula is C8H18N2S. The van der Waals surface area contributed by atoms with E-state index in [1.54, 1.807) is 0 Å². The van der Waals surface area contributed by atoms with E-state index in [-0.39, 0.29) is 4.75 Å². The van der Waals surface area contributed by atoms with Crippen LogP contribution >= 0.6 is 12.6 Å². The van der Waals surface area contributed by atoms with Gasteiger partial charge in [-0.1, -0.05) is 0 Å². The number of nitrogens with zero attached hydrogens (tertiary/aromatic N) is 2. The van der Waals surface area contributed by atoms with Crippen molar-refractivity contribution in [2.24, 2.45) is 0 Å². The van der Waals surface area contributed by atoms with Gasteiger partial charge in [-0.05, 0) is 21.0 Å². The van der Waals surface area contributed by atoms with Gasteiger partial charge in [0.05, 0.1) is 0 Å². The Morgan fingerprint density at radius 1 is 1.09 bits per heavy atom. The fourth-order valence-electron chi connectivity index (χ4n) is 1.71. The van der Waals surface area contributed by atoms with Gasteiger partial charge in [0.15, 0.2) is 0 Å². The van der Waals surface area contributed by atoms with Crippen LogP contribution in [0, 0.1) is 0 Å². The van der Waals surface area contributed by atoms with Gasteiger partial charge in [0.25, 0.3) is 0 Å². The van der Waals surface area contributed by atoms with E-state index in [4.69, 9.17) is 0 Å². The predicted octanol–water partition coefficient (Wildman–Crippen LogP) is 0.552. The average Bonchev–Trinajstić information content (AvgIpc) is 1.89. The maximum atomic E-state index is 4.62. The normalized spacial score (nSPS) is 28.4. The standard InChI is InChI=1S/C8H18N2S/c1-8(11)6-9(2)4-5-10(3)7-8/h11H,4-7H2,1-3H3. The minimum atomic E-state index is 0.153. The molecular weight excluding hydrogens is 156 g/mol. The molecule has 1 aliphatic heterocycles. The van der Waals surface area contributed by atoms with Gasteiger partial charge in [-0.3, -0.25) is 0 Å². The third-order valence-corrected chi connectivity index (χ3v) is 2.37. The minimum absolute atomic E-state index is 0.153. The van der Waals surface area contributed by atoms with Gasteiger partial charge in [-0.2, -0.15) is 12.6 Å². The molecule has 66 valence electrons. The molecule has 1 fully saturated rings. The number of hydrogen-bond acceptors (Lipinski definition) is 3. The van der Waals surface area contributed by atoms with Gasteiger partial charge >= 0.3 is 0 Å². The van der Waals surface area contributed by atoms with Crippen LogP contribution in [0.2, 0.25) is 0 Å². The van der Waals surface area contributed by atoms with E-state index in [1.165, 1.54) is 0 Å². The molecule has 0 aromatic rings. The second-order valence-corrected chi connectivity index (χ2v) is 5.05. The summed E-state index contributed by atoms with van der Waals surface area (Å²) < 4.78 is 0.153. The zero-order chi connectivity index (χ0) is 8.48. The lowest BCUT2D eigenvalue weighted by Gasteiger charge is -2.26. The Kier molecular flexibility index (Phi) is 2.84. The SMILES string of the molecule is CN1CCN(C)CC(C)(S)C1. The molecule has 0 aromatic heterocycles. The predicted molar refractivity (Wildman–Crippen MR) is 52.4 cm³/mol. The molecule has 1 aliphatic rings. The number of likely N-dealkylation sites (N-methyl/N-ethyl adjacent to an activating group) is 2. The second-order valence-electron chi connectivity index (χ2n) is 3.97. The Morgan fingerprint density at radius 3 is 1.82 bits per heavy atom. The Hall–Kier alpha value is 0.270. The average molecular weight is 174 g/mol. The van der Waals surface area contributed by atoms with E-state index in [9.17, 15) is 0 Å². The largest absolute Gasteiger partial charge is 0.304 e. The monoisotopic (exact) mass is 174 g/mol. The first-order valence-electron chi connectivity index (χ1n) is 4.09. The number of thiol groups is 1. The number of rotatable bonds is 0. The lowest BCUT2D eigenvalue weighted by Crippen LogP contribution is -2.37. The van der Waals surface area contributed by atoms with Crippen molar-refractivity contribution in [3.8, 4) is 0 Å². The lowest BCUT2D eigenvalue weighted by atomic mass is 10.1. The van der Waals surface area contributed by atoms with E-state index < -0.39 is 0 Å².